The third kappa shape index (κ3) is 6.90. The lowest BCUT2D eigenvalue weighted by Gasteiger charge is -2.30. The molecule has 140 valence electrons. The Balaban J connectivity index is 2.83. The smallest absolute Gasteiger partial charge is 0.416 e. The third-order valence-electron chi connectivity index (χ3n) is 3.53. The molecule has 0 radical (unpaired) electrons. The van der Waals surface area contributed by atoms with E-state index >= 15 is 0 Å². The van der Waals surface area contributed by atoms with Gasteiger partial charge in [-0.05, 0) is 51.3 Å². The number of hydrogen-bond donors (Lipinski definition) is 1. The van der Waals surface area contributed by atoms with Crippen molar-refractivity contribution in [2.24, 2.45) is 5.73 Å². The number of ether oxygens (including phenoxy) is 1. The number of alkyl halides is 3. The maximum absolute atomic E-state index is 12.6. The first kappa shape index (κ1) is 21.2. The summed E-state index contributed by atoms with van der Waals surface area (Å²) in [6.45, 7) is 7.24. The molecule has 1 unspecified atom stereocenters. The summed E-state index contributed by atoms with van der Waals surface area (Å²) in [6.07, 6.45) is 0.413. The molecule has 0 saturated heterocycles. The highest BCUT2D eigenvalue weighted by Crippen LogP contribution is 2.29. The van der Waals surface area contributed by atoms with Crippen LogP contribution in [0.3, 0.4) is 0 Å². The molecule has 0 spiro atoms. The summed E-state index contributed by atoms with van der Waals surface area (Å²) < 4.78 is 43.0. The fraction of sp³-hybridized carbons (Fsp3) is 0.526. The summed E-state index contributed by atoms with van der Waals surface area (Å²) in [4.78, 5) is 12.4. The molecule has 0 saturated carbocycles. The molecule has 0 heterocycles. The van der Waals surface area contributed by atoms with Gasteiger partial charge in [-0.15, -0.1) is 0 Å². The molecule has 6 heteroatoms. The van der Waals surface area contributed by atoms with Crippen LogP contribution in [0.25, 0.3) is 6.08 Å². The Morgan fingerprint density at radius 3 is 2.16 bits per heavy atom. The highest BCUT2D eigenvalue weighted by Gasteiger charge is 2.36. The van der Waals surface area contributed by atoms with E-state index in [1.165, 1.54) is 12.1 Å². The van der Waals surface area contributed by atoms with E-state index < -0.39 is 28.8 Å². The number of carbonyl (C=O) groups is 1. The van der Waals surface area contributed by atoms with E-state index in [0.717, 1.165) is 12.1 Å². The van der Waals surface area contributed by atoms with Crippen LogP contribution >= 0.6 is 0 Å². The monoisotopic (exact) mass is 357 g/mol. The molecule has 3 nitrogen and oxygen atoms in total. The second kappa shape index (κ2) is 8.04. The predicted octanol–water partition coefficient (Wildman–Crippen LogP) is 4.95. The van der Waals surface area contributed by atoms with Crippen LogP contribution in [0.1, 0.15) is 58.1 Å². The van der Waals surface area contributed by atoms with Crippen LogP contribution in [0.4, 0.5) is 13.2 Å². The van der Waals surface area contributed by atoms with Crippen molar-refractivity contribution in [1.82, 2.24) is 0 Å². The average molecular weight is 357 g/mol. The van der Waals surface area contributed by atoms with Crippen molar-refractivity contribution in [2.75, 3.05) is 0 Å². The largest absolute Gasteiger partial charge is 0.459 e. The number of rotatable bonds is 6. The van der Waals surface area contributed by atoms with Gasteiger partial charge in [0.2, 0.25) is 0 Å². The van der Waals surface area contributed by atoms with Crippen molar-refractivity contribution in [3.05, 3.63) is 41.5 Å². The Morgan fingerprint density at radius 2 is 1.72 bits per heavy atom. The molecule has 1 rings (SSSR count). The summed E-state index contributed by atoms with van der Waals surface area (Å²) in [6, 6.07) is 4.81. The Labute approximate surface area is 147 Å². The van der Waals surface area contributed by atoms with Crippen LogP contribution in [0, 0.1) is 0 Å². The number of esters is 1. The van der Waals surface area contributed by atoms with E-state index in [-0.39, 0.29) is 6.42 Å². The van der Waals surface area contributed by atoms with E-state index in [4.69, 9.17) is 10.5 Å². The number of carbonyl (C=O) groups excluding carboxylic acids is 1. The lowest BCUT2D eigenvalue weighted by molar-refractivity contribution is -0.162. The SMILES string of the molecule is CCCC(N)(C/C=C/c1ccc(C(F)(F)F)cc1)C(=O)OC(C)(C)C. The van der Waals surface area contributed by atoms with Gasteiger partial charge in [0.25, 0.3) is 0 Å². The molecule has 0 aliphatic carbocycles. The van der Waals surface area contributed by atoms with Crippen LogP contribution < -0.4 is 5.73 Å². The lowest BCUT2D eigenvalue weighted by Crippen LogP contribution is -2.50. The molecule has 0 aliphatic heterocycles. The fourth-order valence-electron chi connectivity index (χ4n) is 2.30. The van der Waals surface area contributed by atoms with Crippen LogP contribution in [0.5, 0.6) is 0 Å². The minimum atomic E-state index is -4.35. The van der Waals surface area contributed by atoms with Crippen LogP contribution in [0.2, 0.25) is 0 Å². The molecule has 1 atom stereocenters. The highest BCUT2D eigenvalue weighted by atomic mass is 19.4. The first-order valence-corrected chi connectivity index (χ1v) is 8.23. The zero-order valence-corrected chi connectivity index (χ0v) is 15.1. The van der Waals surface area contributed by atoms with Gasteiger partial charge in [0.1, 0.15) is 11.1 Å². The van der Waals surface area contributed by atoms with Crippen molar-refractivity contribution in [3.63, 3.8) is 0 Å². The molecular weight excluding hydrogens is 331 g/mol. The average Bonchev–Trinajstić information content (AvgIpc) is 2.45. The number of hydrogen-bond acceptors (Lipinski definition) is 3. The van der Waals surface area contributed by atoms with Gasteiger partial charge in [-0.2, -0.15) is 13.2 Å². The van der Waals surface area contributed by atoms with Gasteiger partial charge in [0.15, 0.2) is 0 Å². The molecule has 0 fully saturated rings. The zero-order valence-electron chi connectivity index (χ0n) is 15.1. The van der Waals surface area contributed by atoms with E-state index in [9.17, 15) is 18.0 Å². The normalized spacial score (nSPS) is 15.2. The van der Waals surface area contributed by atoms with Crippen LogP contribution in [0.15, 0.2) is 30.3 Å². The van der Waals surface area contributed by atoms with E-state index in [1.807, 2.05) is 6.92 Å². The molecule has 0 aromatic heterocycles. The maximum atomic E-state index is 12.6. The Bertz CT molecular complexity index is 601. The maximum Gasteiger partial charge on any atom is 0.416 e. The Hall–Kier alpha value is -1.82. The standard InChI is InChI=1S/C19H26F3NO2/c1-5-12-18(23,16(24)25-17(2,3)4)13-6-7-14-8-10-15(11-9-14)19(20,21)22/h6-11H,5,12-13,23H2,1-4H3/b7-6+. The molecule has 25 heavy (non-hydrogen) atoms. The summed E-state index contributed by atoms with van der Waals surface area (Å²) in [5.41, 5.74) is 4.36. The van der Waals surface area contributed by atoms with E-state index in [0.29, 0.717) is 18.4 Å². The van der Waals surface area contributed by atoms with Gasteiger partial charge in [0, 0.05) is 0 Å². The Morgan fingerprint density at radius 1 is 1.16 bits per heavy atom. The first-order valence-electron chi connectivity index (χ1n) is 8.23. The predicted molar refractivity (Wildman–Crippen MR) is 92.8 cm³/mol. The second-order valence-electron chi connectivity index (χ2n) is 7.13. The summed E-state index contributed by atoms with van der Waals surface area (Å²) in [5.74, 6) is -0.473. The molecule has 0 aliphatic rings. The van der Waals surface area contributed by atoms with Crippen molar-refractivity contribution in [1.29, 1.82) is 0 Å². The summed E-state index contributed by atoms with van der Waals surface area (Å²) >= 11 is 0. The summed E-state index contributed by atoms with van der Waals surface area (Å²) in [7, 11) is 0. The van der Waals surface area contributed by atoms with E-state index in [2.05, 4.69) is 0 Å². The molecule has 1 aromatic rings. The van der Waals surface area contributed by atoms with Crippen molar-refractivity contribution >= 4 is 12.0 Å². The molecule has 0 amide bonds. The number of nitrogens with two attached hydrogens (primary N) is 1. The lowest BCUT2D eigenvalue weighted by atomic mass is 9.90. The van der Waals surface area contributed by atoms with Crippen molar-refractivity contribution in [2.45, 2.75) is 64.3 Å². The minimum absolute atomic E-state index is 0.247. The van der Waals surface area contributed by atoms with Gasteiger partial charge in [-0.25, -0.2) is 0 Å². The third-order valence-corrected chi connectivity index (χ3v) is 3.53. The minimum Gasteiger partial charge on any atom is -0.459 e. The van der Waals surface area contributed by atoms with Gasteiger partial charge in [0.05, 0.1) is 5.56 Å². The van der Waals surface area contributed by atoms with Crippen molar-refractivity contribution < 1.29 is 22.7 Å². The molecule has 0 bridgehead atoms. The number of benzene rings is 1. The Kier molecular flexibility index (Phi) is 6.82. The van der Waals surface area contributed by atoms with E-state index in [1.54, 1.807) is 32.9 Å². The number of halogens is 3. The van der Waals surface area contributed by atoms with Crippen LogP contribution in [-0.2, 0) is 15.7 Å². The second-order valence-corrected chi connectivity index (χ2v) is 7.13. The first-order chi connectivity index (χ1) is 11.4. The quantitative estimate of drug-likeness (QED) is 0.733. The molecule has 1 aromatic carbocycles. The van der Waals surface area contributed by atoms with Gasteiger partial charge in [-0.1, -0.05) is 37.6 Å². The van der Waals surface area contributed by atoms with Gasteiger partial charge in [-0.3, -0.25) is 4.79 Å². The van der Waals surface area contributed by atoms with Gasteiger partial charge < -0.3 is 10.5 Å². The van der Waals surface area contributed by atoms with Gasteiger partial charge >= 0.3 is 12.1 Å². The molecule has 2 N–H and O–H groups in total. The van der Waals surface area contributed by atoms with Crippen LogP contribution in [-0.4, -0.2) is 17.1 Å². The zero-order chi connectivity index (χ0) is 19.3. The highest BCUT2D eigenvalue weighted by molar-refractivity contribution is 5.81. The fourth-order valence-corrected chi connectivity index (χ4v) is 2.30. The topological polar surface area (TPSA) is 52.3 Å². The van der Waals surface area contributed by atoms with Crippen molar-refractivity contribution in [3.8, 4) is 0 Å². The molecular formula is C19H26F3NO2. The summed E-state index contributed by atoms with van der Waals surface area (Å²) in [5, 5.41) is 0.